The van der Waals surface area contributed by atoms with Crippen LogP contribution >= 0.6 is 0 Å². The second-order valence-electron chi connectivity index (χ2n) is 6.32. The fourth-order valence-corrected chi connectivity index (χ4v) is 4.58. The highest BCUT2D eigenvalue weighted by molar-refractivity contribution is 7.91. The summed E-state index contributed by atoms with van der Waals surface area (Å²) in [5, 5.41) is 3.19. The lowest BCUT2D eigenvalue weighted by Crippen LogP contribution is -2.27. The van der Waals surface area contributed by atoms with Crippen molar-refractivity contribution in [2.45, 2.75) is 19.0 Å². The van der Waals surface area contributed by atoms with Crippen LogP contribution in [0.3, 0.4) is 0 Å². The van der Waals surface area contributed by atoms with Gasteiger partial charge >= 0.3 is 0 Å². The van der Waals surface area contributed by atoms with Crippen molar-refractivity contribution < 1.29 is 13.2 Å². The molecule has 0 saturated carbocycles. The number of sulfone groups is 1. The van der Waals surface area contributed by atoms with E-state index in [1.165, 1.54) is 0 Å². The van der Waals surface area contributed by atoms with Crippen molar-refractivity contribution in [1.29, 1.82) is 0 Å². The van der Waals surface area contributed by atoms with Crippen molar-refractivity contribution in [1.82, 2.24) is 9.88 Å². The smallest absolute Gasteiger partial charge is 0.272 e. The number of carbonyl (C=O) groups excluding carboxylic acids is 1. The highest BCUT2D eigenvalue weighted by Gasteiger charge is 2.27. The van der Waals surface area contributed by atoms with E-state index in [0.29, 0.717) is 24.3 Å². The SMILES string of the molecule is CN(Cc1ccccc1)C(=O)c1cc(NC2CCS(=O)(=O)C2)ccn1. The Bertz CT molecular complexity index is 853. The minimum atomic E-state index is -2.94. The van der Waals surface area contributed by atoms with Crippen molar-refractivity contribution in [3.8, 4) is 0 Å². The summed E-state index contributed by atoms with van der Waals surface area (Å²) < 4.78 is 23.1. The zero-order valence-electron chi connectivity index (χ0n) is 14.1. The Morgan fingerprint density at radius 1 is 1.28 bits per heavy atom. The number of amides is 1. The van der Waals surface area contributed by atoms with Crippen molar-refractivity contribution >= 4 is 21.4 Å². The Morgan fingerprint density at radius 2 is 2.04 bits per heavy atom. The van der Waals surface area contributed by atoms with E-state index in [4.69, 9.17) is 0 Å². The summed E-state index contributed by atoms with van der Waals surface area (Å²) in [6.07, 6.45) is 2.15. The van der Waals surface area contributed by atoms with E-state index in [2.05, 4.69) is 10.3 Å². The van der Waals surface area contributed by atoms with E-state index in [1.54, 1.807) is 30.3 Å². The molecule has 1 aromatic heterocycles. The largest absolute Gasteiger partial charge is 0.381 e. The van der Waals surface area contributed by atoms with Gasteiger partial charge in [0.15, 0.2) is 9.84 Å². The Labute approximate surface area is 147 Å². The van der Waals surface area contributed by atoms with Crippen LogP contribution in [0.15, 0.2) is 48.7 Å². The van der Waals surface area contributed by atoms with Crippen molar-refractivity contribution in [3.05, 3.63) is 59.9 Å². The molecule has 1 aliphatic rings. The molecule has 0 bridgehead atoms. The fraction of sp³-hybridized carbons (Fsp3) is 0.333. The predicted molar refractivity (Wildman–Crippen MR) is 97.2 cm³/mol. The first kappa shape index (κ1) is 17.4. The van der Waals surface area contributed by atoms with Gasteiger partial charge in [0.05, 0.1) is 11.5 Å². The summed E-state index contributed by atoms with van der Waals surface area (Å²) in [6.45, 7) is 0.500. The predicted octanol–water partition coefficient (Wildman–Crippen LogP) is 1.95. The van der Waals surface area contributed by atoms with Gasteiger partial charge in [-0.25, -0.2) is 8.42 Å². The molecular weight excluding hydrogens is 338 g/mol. The van der Waals surface area contributed by atoms with Gasteiger partial charge in [0, 0.05) is 31.5 Å². The van der Waals surface area contributed by atoms with Crippen LogP contribution in [-0.2, 0) is 16.4 Å². The van der Waals surface area contributed by atoms with Crippen LogP contribution in [0, 0.1) is 0 Å². The van der Waals surface area contributed by atoms with E-state index in [0.717, 1.165) is 5.56 Å². The number of nitrogens with one attached hydrogen (secondary N) is 1. The number of nitrogens with zero attached hydrogens (tertiary/aromatic N) is 2. The molecular formula is C18H21N3O3S. The van der Waals surface area contributed by atoms with E-state index >= 15 is 0 Å². The Morgan fingerprint density at radius 3 is 2.72 bits per heavy atom. The first-order valence-electron chi connectivity index (χ1n) is 8.15. The first-order valence-corrected chi connectivity index (χ1v) is 9.97. The molecule has 1 fully saturated rings. The van der Waals surface area contributed by atoms with Gasteiger partial charge in [-0.2, -0.15) is 0 Å². The third kappa shape index (κ3) is 4.57. The van der Waals surface area contributed by atoms with Gasteiger partial charge < -0.3 is 10.2 Å². The highest BCUT2D eigenvalue weighted by Crippen LogP contribution is 2.18. The zero-order valence-corrected chi connectivity index (χ0v) is 14.9. The third-order valence-electron chi connectivity index (χ3n) is 4.19. The molecule has 1 aliphatic heterocycles. The molecule has 6 nitrogen and oxygen atoms in total. The molecule has 0 radical (unpaired) electrons. The number of anilines is 1. The van der Waals surface area contributed by atoms with Gasteiger partial charge in [-0.3, -0.25) is 9.78 Å². The number of aromatic nitrogens is 1. The summed E-state index contributed by atoms with van der Waals surface area (Å²) in [4.78, 5) is 18.3. The summed E-state index contributed by atoms with van der Waals surface area (Å²) in [5.74, 6) is 0.167. The molecule has 25 heavy (non-hydrogen) atoms. The highest BCUT2D eigenvalue weighted by atomic mass is 32.2. The van der Waals surface area contributed by atoms with Crippen LogP contribution in [0.25, 0.3) is 0 Å². The molecule has 3 rings (SSSR count). The molecule has 0 spiro atoms. The van der Waals surface area contributed by atoms with Crippen molar-refractivity contribution in [2.24, 2.45) is 0 Å². The first-order chi connectivity index (χ1) is 11.9. The van der Waals surface area contributed by atoms with E-state index in [-0.39, 0.29) is 23.5 Å². The van der Waals surface area contributed by atoms with Gasteiger partial charge in [0.2, 0.25) is 0 Å². The van der Waals surface area contributed by atoms with Gasteiger partial charge in [-0.15, -0.1) is 0 Å². The molecule has 0 aliphatic carbocycles. The number of rotatable bonds is 5. The molecule has 1 saturated heterocycles. The van der Waals surface area contributed by atoms with E-state index in [9.17, 15) is 13.2 Å². The van der Waals surface area contributed by atoms with Crippen LogP contribution in [0.2, 0.25) is 0 Å². The summed E-state index contributed by atoms with van der Waals surface area (Å²) in [7, 11) is -1.21. The average Bonchev–Trinajstić information content (AvgIpc) is 2.94. The quantitative estimate of drug-likeness (QED) is 0.883. The fourth-order valence-electron chi connectivity index (χ4n) is 2.91. The van der Waals surface area contributed by atoms with Gasteiger partial charge in [-0.1, -0.05) is 30.3 Å². The summed E-state index contributed by atoms with van der Waals surface area (Å²) >= 11 is 0. The lowest BCUT2D eigenvalue weighted by atomic mass is 10.2. The minimum absolute atomic E-state index is 0.114. The van der Waals surface area contributed by atoms with Crippen LogP contribution < -0.4 is 5.32 Å². The second kappa shape index (κ2) is 7.23. The zero-order chi connectivity index (χ0) is 17.9. The Hall–Kier alpha value is -2.41. The maximum atomic E-state index is 12.6. The minimum Gasteiger partial charge on any atom is -0.381 e. The van der Waals surface area contributed by atoms with Gasteiger partial charge in [-0.05, 0) is 24.1 Å². The number of carbonyl (C=O) groups is 1. The van der Waals surface area contributed by atoms with Gasteiger partial charge in [0.25, 0.3) is 5.91 Å². The molecule has 2 heterocycles. The Kier molecular flexibility index (Phi) is 5.03. The molecule has 1 N–H and O–H groups in total. The van der Waals surface area contributed by atoms with Crippen LogP contribution in [0.1, 0.15) is 22.5 Å². The molecule has 1 unspecified atom stereocenters. The second-order valence-corrected chi connectivity index (χ2v) is 8.55. The number of benzene rings is 1. The third-order valence-corrected chi connectivity index (χ3v) is 5.96. The molecule has 1 atom stereocenters. The van der Waals surface area contributed by atoms with Crippen molar-refractivity contribution in [2.75, 3.05) is 23.9 Å². The molecule has 7 heteroatoms. The molecule has 132 valence electrons. The maximum absolute atomic E-state index is 12.6. The lowest BCUT2D eigenvalue weighted by molar-refractivity contribution is 0.0779. The summed E-state index contributed by atoms with van der Waals surface area (Å²) in [6, 6.07) is 13.1. The lowest BCUT2D eigenvalue weighted by Gasteiger charge is -2.18. The standard InChI is InChI=1S/C18H21N3O3S/c1-21(12-14-5-3-2-4-6-14)18(22)17-11-15(7-9-19-17)20-16-8-10-25(23,24)13-16/h2-7,9,11,16H,8,10,12-13H2,1H3,(H,19,20). The van der Waals surface area contributed by atoms with Gasteiger partial charge in [0.1, 0.15) is 5.69 Å². The number of pyridine rings is 1. The van der Waals surface area contributed by atoms with E-state index < -0.39 is 9.84 Å². The maximum Gasteiger partial charge on any atom is 0.272 e. The van der Waals surface area contributed by atoms with Crippen molar-refractivity contribution in [3.63, 3.8) is 0 Å². The average molecular weight is 359 g/mol. The number of hydrogen-bond donors (Lipinski definition) is 1. The van der Waals surface area contributed by atoms with Crippen LogP contribution in [0.5, 0.6) is 0 Å². The topological polar surface area (TPSA) is 79.4 Å². The normalized spacial score (nSPS) is 18.7. The molecule has 1 amide bonds. The number of hydrogen-bond acceptors (Lipinski definition) is 5. The summed E-state index contributed by atoms with van der Waals surface area (Å²) in [5.41, 5.74) is 2.10. The molecule has 1 aromatic carbocycles. The van der Waals surface area contributed by atoms with E-state index in [1.807, 2.05) is 30.3 Å². The molecule has 2 aromatic rings. The Balaban J connectivity index is 1.67. The monoisotopic (exact) mass is 359 g/mol. The van der Waals surface area contributed by atoms with Crippen LogP contribution in [-0.4, -0.2) is 48.8 Å². The van der Waals surface area contributed by atoms with Crippen LogP contribution in [0.4, 0.5) is 5.69 Å².